The summed E-state index contributed by atoms with van der Waals surface area (Å²) < 4.78 is 6.09. The largest absolute Gasteiger partial charge is 0.496 e. The Bertz CT molecular complexity index is 479. The molecule has 22 heavy (non-hydrogen) atoms. The Labute approximate surface area is 147 Å². The monoisotopic (exact) mass is 392 g/mol. The van der Waals surface area contributed by atoms with Gasteiger partial charge in [-0.25, -0.2) is 0 Å². The molecular weight excluding hydrogens is 368 g/mol. The molecule has 0 heterocycles. The van der Waals surface area contributed by atoms with Crippen LogP contribution < -0.4 is 15.8 Å². The van der Waals surface area contributed by atoms with Crippen molar-refractivity contribution in [1.29, 1.82) is 0 Å². The molecule has 0 spiro atoms. The standard InChI is InChI=1S/C16H25BrN2O2.ClH/c1-4-16(18,5-2)11-19-15(20)9-7-12-6-8-14(21-3)13(17)10-12;/h6,8,10H,4-5,7,9,11,18H2,1-3H3,(H,19,20);1H. The second-order valence-corrected chi connectivity index (χ2v) is 6.17. The minimum absolute atomic E-state index is 0. The first kappa shape index (κ1) is 21.2. The van der Waals surface area contributed by atoms with E-state index in [0.29, 0.717) is 19.4 Å². The summed E-state index contributed by atoms with van der Waals surface area (Å²) in [6.45, 7) is 4.63. The van der Waals surface area contributed by atoms with Gasteiger partial charge in [0.1, 0.15) is 5.75 Å². The maximum atomic E-state index is 11.9. The van der Waals surface area contributed by atoms with Crippen molar-refractivity contribution < 1.29 is 9.53 Å². The van der Waals surface area contributed by atoms with Crippen LogP contribution in [0.3, 0.4) is 0 Å². The molecule has 0 aliphatic heterocycles. The van der Waals surface area contributed by atoms with Crippen LogP contribution in [0.1, 0.15) is 38.7 Å². The first-order valence-corrected chi connectivity index (χ1v) is 8.11. The van der Waals surface area contributed by atoms with Crippen LogP contribution in [0.2, 0.25) is 0 Å². The van der Waals surface area contributed by atoms with Gasteiger partial charge < -0.3 is 15.8 Å². The summed E-state index contributed by atoms with van der Waals surface area (Å²) in [4.78, 5) is 11.9. The fourth-order valence-corrected chi connectivity index (χ4v) is 2.57. The normalized spacial score (nSPS) is 10.8. The lowest BCUT2D eigenvalue weighted by Gasteiger charge is -2.26. The number of ether oxygens (including phenoxy) is 1. The van der Waals surface area contributed by atoms with E-state index in [9.17, 15) is 4.79 Å². The number of carbonyl (C=O) groups excluding carboxylic acids is 1. The molecule has 3 N–H and O–H groups in total. The van der Waals surface area contributed by atoms with Crippen LogP contribution in [-0.2, 0) is 11.2 Å². The lowest BCUT2D eigenvalue weighted by Crippen LogP contribution is -2.49. The molecule has 0 aliphatic rings. The quantitative estimate of drug-likeness (QED) is 0.711. The van der Waals surface area contributed by atoms with Crippen molar-refractivity contribution in [3.05, 3.63) is 28.2 Å². The molecule has 0 atom stereocenters. The first-order valence-electron chi connectivity index (χ1n) is 7.32. The van der Waals surface area contributed by atoms with Gasteiger partial charge >= 0.3 is 0 Å². The van der Waals surface area contributed by atoms with Gasteiger partial charge in [0, 0.05) is 18.5 Å². The van der Waals surface area contributed by atoms with E-state index in [4.69, 9.17) is 10.5 Å². The fourth-order valence-electron chi connectivity index (χ4n) is 1.99. The van der Waals surface area contributed by atoms with Gasteiger partial charge in [0.05, 0.1) is 11.6 Å². The molecule has 0 fully saturated rings. The summed E-state index contributed by atoms with van der Waals surface area (Å²) in [7, 11) is 1.63. The zero-order valence-corrected chi connectivity index (χ0v) is 15.9. The highest BCUT2D eigenvalue weighted by Gasteiger charge is 2.20. The van der Waals surface area contributed by atoms with Crippen molar-refractivity contribution in [1.82, 2.24) is 5.32 Å². The Kier molecular flexibility index (Phi) is 9.72. The maximum absolute atomic E-state index is 11.9. The van der Waals surface area contributed by atoms with E-state index in [2.05, 4.69) is 21.2 Å². The van der Waals surface area contributed by atoms with Gasteiger partial charge in [0.2, 0.25) is 5.91 Å². The highest BCUT2D eigenvalue weighted by molar-refractivity contribution is 9.10. The molecule has 0 aliphatic carbocycles. The molecule has 126 valence electrons. The number of nitrogens with two attached hydrogens (primary N) is 1. The molecule has 6 heteroatoms. The SMILES string of the molecule is CCC(N)(CC)CNC(=O)CCc1ccc(OC)c(Br)c1.Cl. The van der Waals surface area contributed by atoms with Gasteiger partial charge in [0.25, 0.3) is 0 Å². The van der Waals surface area contributed by atoms with Gasteiger partial charge in [-0.1, -0.05) is 19.9 Å². The minimum atomic E-state index is -0.293. The number of carbonyl (C=O) groups is 1. The summed E-state index contributed by atoms with van der Waals surface area (Å²) in [5.41, 5.74) is 6.98. The Morgan fingerprint density at radius 3 is 2.50 bits per heavy atom. The van der Waals surface area contributed by atoms with Gasteiger partial charge in [-0.3, -0.25) is 4.79 Å². The third-order valence-electron chi connectivity index (χ3n) is 3.90. The van der Waals surface area contributed by atoms with Crippen molar-refractivity contribution in [2.45, 2.75) is 45.1 Å². The first-order chi connectivity index (χ1) is 9.94. The summed E-state index contributed by atoms with van der Waals surface area (Å²) in [5, 5.41) is 2.93. The molecule has 0 bridgehead atoms. The number of halogens is 2. The zero-order chi connectivity index (χ0) is 15.9. The predicted molar refractivity (Wildman–Crippen MR) is 96.8 cm³/mol. The van der Waals surface area contributed by atoms with Gasteiger partial charge in [-0.15, -0.1) is 12.4 Å². The summed E-state index contributed by atoms with van der Waals surface area (Å²) in [5.74, 6) is 0.834. The van der Waals surface area contributed by atoms with Crippen molar-refractivity contribution >= 4 is 34.2 Å². The van der Waals surface area contributed by atoms with Gasteiger partial charge in [0.15, 0.2) is 0 Å². The molecule has 1 aromatic carbocycles. The van der Waals surface area contributed by atoms with Crippen molar-refractivity contribution in [2.75, 3.05) is 13.7 Å². The molecule has 1 rings (SSSR count). The molecule has 0 saturated carbocycles. The number of methoxy groups -OCH3 is 1. The van der Waals surface area contributed by atoms with Crippen LogP contribution in [0.4, 0.5) is 0 Å². The van der Waals surface area contributed by atoms with Gasteiger partial charge in [-0.05, 0) is 52.9 Å². The van der Waals surface area contributed by atoms with E-state index in [1.165, 1.54) is 0 Å². The number of hydrogen-bond donors (Lipinski definition) is 2. The molecule has 0 aromatic heterocycles. The third-order valence-corrected chi connectivity index (χ3v) is 4.52. The van der Waals surface area contributed by atoms with E-state index in [1.54, 1.807) is 7.11 Å². The van der Waals surface area contributed by atoms with E-state index >= 15 is 0 Å². The van der Waals surface area contributed by atoms with Crippen molar-refractivity contribution in [3.63, 3.8) is 0 Å². The second kappa shape index (κ2) is 10.1. The molecule has 1 aromatic rings. The topological polar surface area (TPSA) is 64.3 Å². The number of benzene rings is 1. The Morgan fingerprint density at radius 1 is 1.36 bits per heavy atom. The molecule has 4 nitrogen and oxygen atoms in total. The Morgan fingerprint density at radius 2 is 2.00 bits per heavy atom. The number of rotatable bonds is 8. The summed E-state index contributed by atoms with van der Waals surface area (Å²) in [6, 6.07) is 5.86. The van der Waals surface area contributed by atoms with Crippen molar-refractivity contribution in [2.24, 2.45) is 5.73 Å². The van der Waals surface area contributed by atoms with Crippen LogP contribution in [0, 0.1) is 0 Å². The number of hydrogen-bond acceptors (Lipinski definition) is 3. The highest BCUT2D eigenvalue weighted by Crippen LogP contribution is 2.25. The Balaban J connectivity index is 0.00000441. The van der Waals surface area contributed by atoms with Crippen LogP contribution in [0.25, 0.3) is 0 Å². The lowest BCUT2D eigenvalue weighted by atomic mass is 9.94. The average Bonchev–Trinajstić information content (AvgIpc) is 2.50. The van der Waals surface area contributed by atoms with Crippen molar-refractivity contribution in [3.8, 4) is 5.75 Å². The molecular formula is C16H26BrClN2O2. The summed E-state index contributed by atoms with van der Waals surface area (Å²) >= 11 is 3.45. The molecule has 0 radical (unpaired) electrons. The fraction of sp³-hybridized carbons (Fsp3) is 0.562. The average molecular weight is 394 g/mol. The molecule has 0 saturated heterocycles. The van der Waals surface area contributed by atoms with Crippen LogP contribution >= 0.6 is 28.3 Å². The minimum Gasteiger partial charge on any atom is -0.496 e. The maximum Gasteiger partial charge on any atom is 0.220 e. The highest BCUT2D eigenvalue weighted by atomic mass is 79.9. The lowest BCUT2D eigenvalue weighted by molar-refractivity contribution is -0.121. The van der Waals surface area contributed by atoms with Gasteiger partial charge in [-0.2, -0.15) is 0 Å². The predicted octanol–water partition coefficient (Wildman–Crippen LogP) is 3.45. The Hall–Kier alpha value is -0.780. The molecule has 1 amide bonds. The summed E-state index contributed by atoms with van der Waals surface area (Å²) in [6.07, 6.45) is 2.87. The van der Waals surface area contributed by atoms with Crippen LogP contribution in [-0.4, -0.2) is 25.1 Å². The molecule has 0 unspecified atom stereocenters. The second-order valence-electron chi connectivity index (χ2n) is 5.32. The number of nitrogens with one attached hydrogen (secondary N) is 1. The van der Waals surface area contributed by atoms with E-state index in [0.717, 1.165) is 28.6 Å². The number of amides is 1. The van der Waals surface area contributed by atoms with Crippen LogP contribution in [0.5, 0.6) is 5.75 Å². The number of aryl methyl sites for hydroxylation is 1. The van der Waals surface area contributed by atoms with Crippen LogP contribution in [0.15, 0.2) is 22.7 Å². The van der Waals surface area contributed by atoms with E-state index in [-0.39, 0.29) is 23.9 Å². The third kappa shape index (κ3) is 6.55. The smallest absolute Gasteiger partial charge is 0.220 e. The van der Waals surface area contributed by atoms with E-state index < -0.39 is 0 Å². The zero-order valence-electron chi connectivity index (χ0n) is 13.4. The van der Waals surface area contributed by atoms with E-state index in [1.807, 2.05) is 32.0 Å².